The molecule has 8 heteroatoms. The molecule has 2 aliphatic heterocycles. The molecule has 0 saturated carbocycles. The SMILES string of the molecule is COC(=O)[C@H]1Cc2ccccc2CN1C(=O)COC(=O)c1ccc2c(c1)OCCO2. The van der Waals surface area contributed by atoms with E-state index >= 15 is 0 Å². The van der Waals surface area contributed by atoms with Gasteiger partial charge >= 0.3 is 11.9 Å². The molecule has 2 aliphatic rings. The number of esters is 2. The number of nitrogens with zero attached hydrogens (tertiary/aromatic N) is 1. The molecule has 156 valence electrons. The van der Waals surface area contributed by atoms with Gasteiger partial charge in [-0.2, -0.15) is 0 Å². The van der Waals surface area contributed by atoms with Gasteiger partial charge in [0.05, 0.1) is 12.7 Å². The van der Waals surface area contributed by atoms with E-state index in [2.05, 4.69) is 0 Å². The average molecular weight is 411 g/mol. The first-order valence-electron chi connectivity index (χ1n) is 9.57. The molecule has 30 heavy (non-hydrogen) atoms. The van der Waals surface area contributed by atoms with Crippen LogP contribution in [0.2, 0.25) is 0 Å². The van der Waals surface area contributed by atoms with Crippen LogP contribution >= 0.6 is 0 Å². The van der Waals surface area contributed by atoms with Crippen molar-refractivity contribution >= 4 is 17.8 Å². The summed E-state index contributed by atoms with van der Waals surface area (Å²) in [5, 5.41) is 0. The number of methoxy groups -OCH3 is 1. The fraction of sp³-hybridized carbons (Fsp3) is 0.318. The second kappa shape index (κ2) is 8.44. The quantitative estimate of drug-likeness (QED) is 0.708. The van der Waals surface area contributed by atoms with Crippen LogP contribution < -0.4 is 9.47 Å². The maximum Gasteiger partial charge on any atom is 0.338 e. The minimum absolute atomic E-state index is 0.246. The summed E-state index contributed by atoms with van der Waals surface area (Å²) in [6.45, 7) is 0.611. The van der Waals surface area contributed by atoms with Crippen LogP contribution in [0.5, 0.6) is 11.5 Å². The van der Waals surface area contributed by atoms with Crippen LogP contribution in [0.4, 0.5) is 0 Å². The fourth-order valence-electron chi connectivity index (χ4n) is 3.60. The van der Waals surface area contributed by atoms with E-state index in [-0.39, 0.29) is 12.1 Å². The summed E-state index contributed by atoms with van der Waals surface area (Å²) in [6, 6.07) is 11.5. The Morgan fingerprint density at radius 1 is 1.03 bits per heavy atom. The van der Waals surface area contributed by atoms with Crippen molar-refractivity contribution in [2.75, 3.05) is 26.9 Å². The lowest BCUT2D eigenvalue weighted by Gasteiger charge is -2.35. The zero-order valence-corrected chi connectivity index (χ0v) is 16.5. The summed E-state index contributed by atoms with van der Waals surface area (Å²) >= 11 is 0. The largest absolute Gasteiger partial charge is 0.486 e. The van der Waals surface area contributed by atoms with E-state index in [1.807, 2.05) is 24.3 Å². The normalized spacial score (nSPS) is 17.0. The van der Waals surface area contributed by atoms with Gasteiger partial charge in [-0.3, -0.25) is 4.79 Å². The molecular weight excluding hydrogens is 390 g/mol. The molecular formula is C22H21NO7. The maximum atomic E-state index is 12.8. The summed E-state index contributed by atoms with van der Waals surface area (Å²) in [5.74, 6) is -0.614. The third kappa shape index (κ3) is 3.94. The van der Waals surface area contributed by atoms with Crippen LogP contribution in [0.1, 0.15) is 21.5 Å². The van der Waals surface area contributed by atoms with Gasteiger partial charge in [0.1, 0.15) is 19.3 Å². The lowest BCUT2D eigenvalue weighted by molar-refractivity contribution is -0.155. The van der Waals surface area contributed by atoms with Crippen molar-refractivity contribution in [1.82, 2.24) is 4.90 Å². The molecule has 8 nitrogen and oxygen atoms in total. The number of hydrogen-bond donors (Lipinski definition) is 0. The number of ether oxygens (including phenoxy) is 4. The Kier molecular flexibility index (Phi) is 5.56. The van der Waals surface area contributed by atoms with Crippen LogP contribution in [0.15, 0.2) is 42.5 Å². The highest BCUT2D eigenvalue weighted by molar-refractivity contribution is 5.93. The van der Waals surface area contributed by atoms with Gasteiger partial charge in [0.25, 0.3) is 5.91 Å². The van der Waals surface area contributed by atoms with Crippen molar-refractivity contribution in [3.63, 3.8) is 0 Å². The first kappa shape index (κ1) is 19.8. The molecule has 2 heterocycles. The Bertz CT molecular complexity index is 987. The van der Waals surface area contributed by atoms with Crippen molar-refractivity contribution in [3.8, 4) is 11.5 Å². The molecule has 0 aliphatic carbocycles. The molecule has 2 aromatic carbocycles. The van der Waals surface area contributed by atoms with E-state index < -0.39 is 30.5 Å². The predicted molar refractivity (Wildman–Crippen MR) is 104 cm³/mol. The Morgan fingerprint density at radius 2 is 1.77 bits per heavy atom. The molecule has 2 aromatic rings. The number of benzene rings is 2. The highest BCUT2D eigenvalue weighted by Gasteiger charge is 2.35. The zero-order chi connectivity index (χ0) is 21.1. The molecule has 0 saturated heterocycles. The number of carbonyl (C=O) groups is 3. The number of hydrogen-bond acceptors (Lipinski definition) is 7. The number of amides is 1. The molecule has 4 rings (SSSR count). The second-order valence-electron chi connectivity index (χ2n) is 6.97. The highest BCUT2D eigenvalue weighted by atomic mass is 16.6. The van der Waals surface area contributed by atoms with Crippen LogP contribution in [-0.2, 0) is 32.0 Å². The molecule has 0 spiro atoms. The highest BCUT2D eigenvalue weighted by Crippen LogP contribution is 2.31. The summed E-state index contributed by atoms with van der Waals surface area (Å²) < 4.78 is 21.0. The van der Waals surface area contributed by atoms with Crippen molar-refractivity contribution in [2.45, 2.75) is 19.0 Å². The Labute approximate surface area is 173 Å². The summed E-state index contributed by atoms with van der Waals surface area (Å²) in [7, 11) is 1.29. The topological polar surface area (TPSA) is 91.4 Å². The molecule has 0 aromatic heterocycles. The Morgan fingerprint density at radius 3 is 2.53 bits per heavy atom. The molecule has 1 atom stereocenters. The molecule has 0 N–H and O–H groups in total. The predicted octanol–water partition coefficient (Wildman–Crippen LogP) is 1.74. The summed E-state index contributed by atoms with van der Waals surface area (Å²) in [5.41, 5.74) is 2.19. The van der Waals surface area contributed by atoms with E-state index in [1.165, 1.54) is 18.1 Å². The van der Waals surface area contributed by atoms with Gasteiger partial charge in [0.2, 0.25) is 0 Å². The maximum absolute atomic E-state index is 12.8. The summed E-state index contributed by atoms with van der Waals surface area (Å²) in [6.07, 6.45) is 0.352. The second-order valence-corrected chi connectivity index (χ2v) is 6.97. The average Bonchev–Trinajstić information content (AvgIpc) is 2.80. The van der Waals surface area contributed by atoms with Gasteiger partial charge in [0.15, 0.2) is 18.1 Å². The Balaban J connectivity index is 1.44. The van der Waals surface area contributed by atoms with E-state index in [9.17, 15) is 14.4 Å². The van der Waals surface area contributed by atoms with E-state index in [4.69, 9.17) is 18.9 Å². The fourth-order valence-corrected chi connectivity index (χ4v) is 3.60. The third-order valence-corrected chi connectivity index (χ3v) is 5.15. The smallest absolute Gasteiger partial charge is 0.338 e. The van der Waals surface area contributed by atoms with Crippen LogP contribution in [0, 0.1) is 0 Å². The summed E-state index contributed by atoms with van der Waals surface area (Å²) in [4.78, 5) is 38.8. The lowest BCUT2D eigenvalue weighted by Crippen LogP contribution is -2.50. The molecule has 0 bridgehead atoms. The Hall–Kier alpha value is -3.55. The van der Waals surface area contributed by atoms with Gasteiger partial charge in [0, 0.05) is 13.0 Å². The van der Waals surface area contributed by atoms with Crippen molar-refractivity contribution < 1.29 is 33.3 Å². The van der Waals surface area contributed by atoms with E-state index in [1.54, 1.807) is 12.1 Å². The van der Waals surface area contributed by atoms with Crippen LogP contribution in [-0.4, -0.2) is 55.7 Å². The first-order chi connectivity index (χ1) is 14.6. The van der Waals surface area contributed by atoms with Gasteiger partial charge in [-0.25, -0.2) is 9.59 Å². The standard InChI is InChI=1S/C22H21NO7/c1-27-22(26)17-10-14-4-2-3-5-16(14)12-23(17)20(24)13-30-21(25)15-6-7-18-19(11-15)29-9-8-28-18/h2-7,11,17H,8-10,12-13H2,1H3/t17-/m1/s1. The van der Waals surface area contributed by atoms with E-state index in [0.717, 1.165) is 11.1 Å². The van der Waals surface area contributed by atoms with Crippen molar-refractivity contribution in [3.05, 3.63) is 59.2 Å². The van der Waals surface area contributed by atoms with Gasteiger partial charge in [-0.15, -0.1) is 0 Å². The van der Waals surface area contributed by atoms with Crippen LogP contribution in [0.3, 0.4) is 0 Å². The number of rotatable bonds is 4. The molecule has 0 fully saturated rings. The third-order valence-electron chi connectivity index (χ3n) is 5.15. The minimum Gasteiger partial charge on any atom is -0.486 e. The lowest BCUT2D eigenvalue weighted by atomic mass is 9.94. The first-order valence-corrected chi connectivity index (χ1v) is 9.57. The molecule has 0 radical (unpaired) electrons. The zero-order valence-electron chi connectivity index (χ0n) is 16.5. The van der Waals surface area contributed by atoms with Crippen molar-refractivity contribution in [2.24, 2.45) is 0 Å². The monoisotopic (exact) mass is 411 g/mol. The number of carbonyl (C=O) groups excluding carboxylic acids is 3. The van der Waals surface area contributed by atoms with Crippen LogP contribution in [0.25, 0.3) is 0 Å². The van der Waals surface area contributed by atoms with Gasteiger partial charge < -0.3 is 23.8 Å². The van der Waals surface area contributed by atoms with Crippen molar-refractivity contribution in [1.29, 1.82) is 0 Å². The van der Waals surface area contributed by atoms with E-state index in [0.29, 0.717) is 31.1 Å². The van der Waals surface area contributed by atoms with Gasteiger partial charge in [-0.05, 0) is 29.3 Å². The minimum atomic E-state index is -0.759. The molecule has 0 unspecified atom stereocenters. The van der Waals surface area contributed by atoms with Gasteiger partial charge in [-0.1, -0.05) is 24.3 Å². The molecule has 1 amide bonds. The number of fused-ring (bicyclic) bond motifs is 2.